The van der Waals surface area contributed by atoms with E-state index in [1.165, 1.54) is 10.7 Å². The molecular formula is C13H24N2S2. The molecule has 0 aliphatic heterocycles. The highest BCUT2D eigenvalue weighted by atomic mass is 32.2. The number of hydrogen-bond acceptors (Lipinski definition) is 4. The summed E-state index contributed by atoms with van der Waals surface area (Å²) in [6.07, 6.45) is 2.16. The fourth-order valence-corrected chi connectivity index (χ4v) is 2.52. The summed E-state index contributed by atoms with van der Waals surface area (Å²) in [5.74, 6) is 0. The van der Waals surface area contributed by atoms with Crippen LogP contribution in [0.2, 0.25) is 0 Å². The van der Waals surface area contributed by atoms with Crippen molar-refractivity contribution in [2.45, 2.75) is 51.3 Å². The Labute approximate surface area is 114 Å². The Bertz CT molecular complexity index is 351. The third kappa shape index (κ3) is 4.98. The van der Waals surface area contributed by atoms with Gasteiger partial charge >= 0.3 is 0 Å². The number of nitrogens with zero attached hydrogens (tertiary/aromatic N) is 1. The monoisotopic (exact) mass is 272 g/mol. The molecule has 1 N–H and O–H groups in total. The molecule has 0 bridgehead atoms. The number of aromatic nitrogens is 1. The molecule has 4 heteroatoms. The first-order valence-corrected chi connectivity index (χ1v) is 8.06. The molecule has 0 amide bonds. The summed E-state index contributed by atoms with van der Waals surface area (Å²) >= 11 is 3.65. The molecule has 0 unspecified atom stereocenters. The zero-order valence-electron chi connectivity index (χ0n) is 11.8. The largest absolute Gasteiger partial charge is 0.309 e. The standard InChI is InChI=1S/C13H24N2S2/c1-12(2,3)10-8-17-11(15-10)7-14-9-13(4,5)16-6/h8,14H,7,9H2,1-6H3. The highest BCUT2D eigenvalue weighted by molar-refractivity contribution is 7.99. The van der Waals surface area contributed by atoms with Crippen LogP contribution in [-0.2, 0) is 12.0 Å². The Hall–Kier alpha value is -0.0600. The number of rotatable bonds is 5. The van der Waals surface area contributed by atoms with Gasteiger partial charge in [0.05, 0.1) is 5.69 Å². The topological polar surface area (TPSA) is 24.9 Å². The lowest BCUT2D eigenvalue weighted by molar-refractivity contribution is 0.562. The van der Waals surface area contributed by atoms with Gasteiger partial charge in [-0.2, -0.15) is 11.8 Å². The molecule has 0 radical (unpaired) electrons. The summed E-state index contributed by atoms with van der Waals surface area (Å²) in [7, 11) is 0. The predicted molar refractivity (Wildman–Crippen MR) is 80.1 cm³/mol. The molecule has 0 fully saturated rings. The highest BCUT2D eigenvalue weighted by Crippen LogP contribution is 2.24. The Morgan fingerprint density at radius 3 is 2.41 bits per heavy atom. The summed E-state index contributed by atoms with van der Waals surface area (Å²) < 4.78 is 0.296. The minimum atomic E-state index is 0.160. The van der Waals surface area contributed by atoms with Gasteiger partial charge in [0.1, 0.15) is 5.01 Å². The lowest BCUT2D eigenvalue weighted by Gasteiger charge is -2.21. The summed E-state index contributed by atoms with van der Waals surface area (Å²) in [6.45, 7) is 13.0. The van der Waals surface area contributed by atoms with E-state index >= 15 is 0 Å². The summed E-state index contributed by atoms with van der Waals surface area (Å²) in [5, 5.41) is 6.85. The second-order valence-electron chi connectivity index (χ2n) is 5.94. The average Bonchev–Trinajstić information content (AvgIpc) is 2.66. The first-order valence-electron chi connectivity index (χ1n) is 5.95. The van der Waals surface area contributed by atoms with Crippen molar-refractivity contribution in [1.29, 1.82) is 0 Å². The van der Waals surface area contributed by atoms with Crippen molar-refractivity contribution in [3.63, 3.8) is 0 Å². The van der Waals surface area contributed by atoms with E-state index in [4.69, 9.17) is 0 Å². The highest BCUT2D eigenvalue weighted by Gasteiger charge is 2.18. The fraction of sp³-hybridized carbons (Fsp3) is 0.769. The maximum absolute atomic E-state index is 4.68. The molecular weight excluding hydrogens is 248 g/mol. The van der Waals surface area contributed by atoms with Crippen molar-refractivity contribution in [3.05, 3.63) is 16.1 Å². The van der Waals surface area contributed by atoms with Crippen LogP contribution in [-0.4, -0.2) is 22.5 Å². The van der Waals surface area contributed by atoms with Crippen LogP contribution in [0.1, 0.15) is 45.3 Å². The molecule has 2 nitrogen and oxygen atoms in total. The van der Waals surface area contributed by atoms with E-state index in [2.05, 4.69) is 56.6 Å². The third-order valence-electron chi connectivity index (χ3n) is 2.70. The van der Waals surface area contributed by atoms with Gasteiger partial charge < -0.3 is 5.32 Å². The van der Waals surface area contributed by atoms with E-state index in [0.717, 1.165) is 13.1 Å². The quantitative estimate of drug-likeness (QED) is 0.885. The van der Waals surface area contributed by atoms with Crippen LogP contribution in [0.25, 0.3) is 0 Å². The normalized spacial score (nSPS) is 13.1. The van der Waals surface area contributed by atoms with Crippen LogP contribution >= 0.6 is 23.1 Å². The number of thiazole rings is 1. The molecule has 0 aliphatic rings. The van der Waals surface area contributed by atoms with Gasteiger partial charge in [-0.1, -0.05) is 20.8 Å². The fourth-order valence-electron chi connectivity index (χ4n) is 1.28. The SMILES string of the molecule is CSC(C)(C)CNCc1nc(C(C)(C)C)cs1. The van der Waals surface area contributed by atoms with Crippen molar-refractivity contribution in [2.75, 3.05) is 12.8 Å². The number of nitrogens with one attached hydrogen (secondary N) is 1. The van der Waals surface area contributed by atoms with Crippen LogP contribution in [0.4, 0.5) is 0 Å². The van der Waals surface area contributed by atoms with E-state index in [1.54, 1.807) is 11.3 Å². The molecule has 1 rings (SSSR count). The molecule has 0 aliphatic carbocycles. The van der Waals surface area contributed by atoms with Crippen molar-refractivity contribution in [3.8, 4) is 0 Å². The second kappa shape index (κ2) is 5.72. The van der Waals surface area contributed by atoms with Crippen molar-refractivity contribution in [1.82, 2.24) is 10.3 Å². The molecule has 0 spiro atoms. The zero-order chi connectivity index (χ0) is 13.1. The summed E-state index contributed by atoms with van der Waals surface area (Å²) in [6, 6.07) is 0. The average molecular weight is 272 g/mol. The first-order chi connectivity index (χ1) is 7.74. The Kier molecular flexibility index (Phi) is 5.05. The van der Waals surface area contributed by atoms with E-state index in [9.17, 15) is 0 Å². The van der Waals surface area contributed by atoms with Crippen molar-refractivity contribution >= 4 is 23.1 Å². The maximum atomic E-state index is 4.68. The molecule has 17 heavy (non-hydrogen) atoms. The van der Waals surface area contributed by atoms with Gasteiger partial charge in [-0.05, 0) is 20.1 Å². The van der Waals surface area contributed by atoms with Crippen LogP contribution in [0.3, 0.4) is 0 Å². The van der Waals surface area contributed by atoms with Gasteiger partial charge in [0.15, 0.2) is 0 Å². The van der Waals surface area contributed by atoms with E-state index in [1.807, 2.05) is 11.8 Å². The molecule has 1 aromatic heterocycles. The zero-order valence-corrected chi connectivity index (χ0v) is 13.4. The minimum absolute atomic E-state index is 0.160. The molecule has 0 atom stereocenters. The summed E-state index contributed by atoms with van der Waals surface area (Å²) in [4.78, 5) is 4.68. The first kappa shape index (κ1) is 15.0. The van der Waals surface area contributed by atoms with Crippen LogP contribution < -0.4 is 5.32 Å². The van der Waals surface area contributed by atoms with Gasteiger partial charge in [0, 0.05) is 28.6 Å². The number of hydrogen-bond donors (Lipinski definition) is 1. The lowest BCUT2D eigenvalue weighted by atomic mass is 9.93. The molecule has 0 saturated carbocycles. The van der Waals surface area contributed by atoms with Gasteiger partial charge in [0.25, 0.3) is 0 Å². The molecule has 0 aromatic carbocycles. The van der Waals surface area contributed by atoms with E-state index < -0.39 is 0 Å². The maximum Gasteiger partial charge on any atom is 0.107 e. The van der Waals surface area contributed by atoms with Crippen LogP contribution in [0.15, 0.2) is 5.38 Å². The Morgan fingerprint density at radius 1 is 1.29 bits per heavy atom. The Morgan fingerprint density at radius 2 is 1.94 bits per heavy atom. The van der Waals surface area contributed by atoms with Crippen LogP contribution in [0, 0.1) is 0 Å². The third-order valence-corrected chi connectivity index (χ3v) is 4.80. The smallest absolute Gasteiger partial charge is 0.107 e. The molecule has 1 aromatic rings. The van der Waals surface area contributed by atoms with Gasteiger partial charge in [-0.3, -0.25) is 0 Å². The summed E-state index contributed by atoms with van der Waals surface area (Å²) in [5.41, 5.74) is 1.36. The lowest BCUT2D eigenvalue weighted by Crippen LogP contribution is -2.31. The van der Waals surface area contributed by atoms with Gasteiger partial charge in [0.2, 0.25) is 0 Å². The predicted octanol–water partition coefficient (Wildman–Crippen LogP) is 3.67. The van der Waals surface area contributed by atoms with Crippen molar-refractivity contribution in [2.24, 2.45) is 0 Å². The van der Waals surface area contributed by atoms with Crippen molar-refractivity contribution < 1.29 is 0 Å². The van der Waals surface area contributed by atoms with Gasteiger partial charge in [-0.15, -0.1) is 11.3 Å². The molecule has 0 saturated heterocycles. The number of thioether (sulfide) groups is 1. The van der Waals surface area contributed by atoms with E-state index in [0.29, 0.717) is 4.75 Å². The van der Waals surface area contributed by atoms with Gasteiger partial charge in [-0.25, -0.2) is 4.98 Å². The minimum Gasteiger partial charge on any atom is -0.309 e. The van der Waals surface area contributed by atoms with Crippen LogP contribution in [0.5, 0.6) is 0 Å². The van der Waals surface area contributed by atoms with E-state index in [-0.39, 0.29) is 5.41 Å². The molecule has 98 valence electrons. The second-order valence-corrected chi connectivity index (χ2v) is 8.40. The molecule has 1 heterocycles. The Balaban J connectivity index is 2.46.